The third kappa shape index (κ3) is 4.82. The van der Waals surface area contributed by atoms with Crippen LogP contribution < -0.4 is 10.1 Å². The van der Waals surface area contributed by atoms with Crippen LogP contribution in [0.25, 0.3) is 0 Å². The Morgan fingerprint density at radius 2 is 2.00 bits per heavy atom. The van der Waals surface area contributed by atoms with E-state index in [2.05, 4.69) is 10.1 Å². The zero-order valence-electron chi connectivity index (χ0n) is 11.2. The number of nitrogens with one attached hydrogen (secondary N) is 1. The van der Waals surface area contributed by atoms with Gasteiger partial charge in [-0.1, -0.05) is 18.2 Å². The van der Waals surface area contributed by atoms with Gasteiger partial charge in [0.25, 0.3) is 0 Å². The van der Waals surface area contributed by atoms with E-state index in [-0.39, 0.29) is 24.2 Å². The third-order valence-corrected chi connectivity index (χ3v) is 2.66. The summed E-state index contributed by atoms with van der Waals surface area (Å²) in [4.78, 5) is 12.9. The van der Waals surface area contributed by atoms with E-state index in [1.54, 1.807) is 39.2 Å². The Hall–Kier alpha value is -1.69. The monoisotopic (exact) mass is 272 g/mol. The highest BCUT2D eigenvalue weighted by atomic mass is 19.3. The molecule has 0 spiro atoms. The van der Waals surface area contributed by atoms with Crippen LogP contribution >= 0.6 is 0 Å². The lowest BCUT2D eigenvalue weighted by Gasteiger charge is -2.19. The number of halogens is 2. The second-order valence-electron chi connectivity index (χ2n) is 4.31. The minimum atomic E-state index is -2.86. The van der Waals surface area contributed by atoms with Gasteiger partial charge in [0.1, 0.15) is 5.75 Å². The molecule has 4 nitrogen and oxygen atoms in total. The first-order valence-electron chi connectivity index (χ1n) is 5.89. The molecule has 0 saturated heterocycles. The van der Waals surface area contributed by atoms with Crippen molar-refractivity contribution >= 4 is 5.91 Å². The molecule has 1 aromatic carbocycles. The molecule has 106 valence electrons. The predicted octanol–water partition coefficient (Wildman–Crippen LogP) is 2.03. The summed E-state index contributed by atoms with van der Waals surface area (Å²) in [6, 6.07) is 6.26. The Morgan fingerprint density at radius 1 is 1.37 bits per heavy atom. The second-order valence-corrected chi connectivity index (χ2v) is 4.31. The van der Waals surface area contributed by atoms with Crippen molar-refractivity contribution in [3.63, 3.8) is 0 Å². The first-order valence-corrected chi connectivity index (χ1v) is 5.89. The van der Waals surface area contributed by atoms with E-state index in [1.807, 2.05) is 0 Å². The van der Waals surface area contributed by atoms with Crippen LogP contribution in [0.15, 0.2) is 24.3 Å². The molecule has 0 fully saturated rings. The molecule has 0 aliphatic carbocycles. The molecule has 0 aliphatic rings. The molecule has 1 N–H and O–H groups in total. The van der Waals surface area contributed by atoms with E-state index >= 15 is 0 Å². The maximum atomic E-state index is 12.3. The zero-order chi connectivity index (χ0) is 14.4. The maximum Gasteiger partial charge on any atom is 0.387 e. The van der Waals surface area contributed by atoms with Crippen LogP contribution in [0.1, 0.15) is 18.5 Å². The van der Waals surface area contributed by atoms with Gasteiger partial charge in [0.15, 0.2) is 0 Å². The number of ether oxygens (including phenoxy) is 1. The number of benzene rings is 1. The maximum absolute atomic E-state index is 12.3. The Bertz CT molecular complexity index is 425. The van der Waals surface area contributed by atoms with Gasteiger partial charge < -0.3 is 15.0 Å². The van der Waals surface area contributed by atoms with Gasteiger partial charge in [-0.05, 0) is 13.0 Å². The molecule has 0 radical (unpaired) electrons. The van der Waals surface area contributed by atoms with Crippen molar-refractivity contribution in [2.24, 2.45) is 0 Å². The summed E-state index contributed by atoms with van der Waals surface area (Å²) in [5.74, 6) is 0.0360. The van der Waals surface area contributed by atoms with E-state index in [1.165, 1.54) is 11.0 Å². The summed E-state index contributed by atoms with van der Waals surface area (Å²) < 4.78 is 29.0. The number of alkyl halides is 2. The lowest BCUT2D eigenvalue weighted by molar-refractivity contribution is -0.127. The van der Waals surface area contributed by atoms with Crippen LogP contribution in [0.3, 0.4) is 0 Å². The average Bonchev–Trinajstić information content (AvgIpc) is 2.35. The van der Waals surface area contributed by atoms with Crippen LogP contribution in [-0.2, 0) is 4.79 Å². The van der Waals surface area contributed by atoms with Crippen molar-refractivity contribution in [3.8, 4) is 5.75 Å². The number of likely N-dealkylation sites (N-methyl/N-ethyl adjacent to an activating group) is 1. The molecule has 0 bridgehead atoms. The summed E-state index contributed by atoms with van der Waals surface area (Å²) in [5, 5.41) is 2.98. The molecular formula is C13H18F2N2O2. The topological polar surface area (TPSA) is 41.6 Å². The Kier molecular flexibility index (Phi) is 5.69. The Morgan fingerprint density at radius 3 is 2.58 bits per heavy atom. The standard InChI is InChI=1S/C13H18F2N2O2/c1-9(16-8-12(18)17(2)3)10-6-4-5-7-11(10)19-13(14)15/h4-7,9,13,16H,8H2,1-3H3. The van der Waals surface area contributed by atoms with Crippen LogP contribution in [0.2, 0.25) is 0 Å². The fraction of sp³-hybridized carbons (Fsp3) is 0.462. The predicted molar refractivity (Wildman–Crippen MR) is 68.2 cm³/mol. The molecule has 1 unspecified atom stereocenters. The lowest BCUT2D eigenvalue weighted by atomic mass is 10.1. The molecular weight excluding hydrogens is 254 g/mol. The lowest BCUT2D eigenvalue weighted by Crippen LogP contribution is -2.34. The largest absolute Gasteiger partial charge is 0.434 e. The van der Waals surface area contributed by atoms with E-state index in [0.717, 1.165) is 0 Å². The molecule has 0 heterocycles. The molecule has 6 heteroatoms. The quantitative estimate of drug-likeness (QED) is 0.861. The van der Waals surface area contributed by atoms with Gasteiger partial charge in [0.2, 0.25) is 5.91 Å². The number of carbonyl (C=O) groups is 1. The van der Waals surface area contributed by atoms with Gasteiger partial charge in [-0.3, -0.25) is 4.79 Å². The highest BCUT2D eigenvalue weighted by Gasteiger charge is 2.15. The first kappa shape index (κ1) is 15.4. The molecule has 0 saturated carbocycles. The third-order valence-electron chi connectivity index (χ3n) is 2.66. The van der Waals surface area contributed by atoms with Gasteiger partial charge in [0, 0.05) is 25.7 Å². The highest BCUT2D eigenvalue weighted by Crippen LogP contribution is 2.26. The molecule has 19 heavy (non-hydrogen) atoms. The van der Waals surface area contributed by atoms with E-state index in [4.69, 9.17) is 0 Å². The van der Waals surface area contributed by atoms with Gasteiger partial charge >= 0.3 is 6.61 Å². The van der Waals surface area contributed by atoms with Gasteiger partial charge in [0.05, 0.1) is 6.54 Å². The second kappa shape index (κ2) is 7.04. The summed E-state index contributed by atoms with van der Waals surface area (Å²) in [7, 11) is 3.31. The fourth-order valence-electron chi connectivity index (χ4n) is 1.55. The van der Waals surface area contributed by atoms with Crippen molar-refractivity contribution in [1.29, 1.82) is 0 Å². The Balaban J connectivity index is 2.70. The van der Waals surface area contributed by atoms with Crippen molar-refractivity contribution < 1.29 is 18.3 Å². The summed E-state index contributed by atoms with van der Waals surface area (Å²) in [6.45, 7) is -0.940. The zero-order valence-corrected chi connectivity index (χ0v) is 11.2. The van der Waals surface area contributed by atoms with Crippen LogP contribution in [-0.4, -0.2) is 38.1 Å². The van der Waals surface area contributed by atoms with E-state index < -0.39 is 6.61 Å². The van der Waals surface area contributed by atoms with E-state index in [0.29, 0.717) is 5.56 Å². The number of rotatable bonds is 6. The minimum absolute atomic E-state index is 0.0842. The summed E-state index contributed by atoms with van der Waals surface area (Å²) in [5.41, 5.74) is 0.592. The number of nitrogens with zero attached hydrogens (tertiary/aromatic N) is 1. The number of amides is 1. The molecule has 0 aliphatic heterocycles. The molecule has 1 aromatic rings. The normalized spacial score (nSPS) is 12.3. The Labute approximate surface area is 111 Å². The van der Waals surface area contributed by atoms with Crippen LogP contribution in [0.5, 0.6) is 5.75 Å². The van der Waals surface area contributed by atoms with Crippen LogP contribution in [0, 0.1) is 0 Å². The highest BCUT2D eigenvalue weighted by molar-refractivity contribution is 5.77. The van der Waals surface area contributed by atoms with E-state index in [9.17, 15) is 13.6 Å². The summed E-state index contributed by atoms with van der Waals surface area (Å²) >= 11 is 0. The minimum Gasteiger partial charge on any atom is -0.434 e. The fourth-order valence-corrected chi connectivity index (χ4v) is 1.55. The number of para-hydroxylation sites is 1. The number of hydrogen-bond acceptors (Lipinski definition) is 3. The van der Waals surface area contributed by atoms with Crippen molar-refractivity contribution in [2.45, 2.75) is 19.6 Å². The molecule has 1 atom stereocenters. The average molecular weight is 272 g/mol. The van der Waals surface area contributed by atoms with Gasteiger partial charge in [-0.2, -0.15) is 8.78 Å². The van der Waals surface area contributed by atoms with Gasteiger partial charge in [-0.25, -0.2) is 0 Å². The summed E-state index contributed by atoms with van der Waals surface area (Å²) in [6.07, 6.45) is 0. The van der Waals surface area contributed by atoms with Crippen molar-refractivity contribution in [2.75, 3.05) is 20.6 Å². The van der Waals surface area contributed by atoms with Crippen LogP contribution in [0.4, 0.5) is 8.78 Å². The SMILES string of the molecule is CC(NCC(=O)N(C)C)c1ccccc1OC(F)F. The van der Waals surface area contributed by atoms with Gasteiger partial charge in [-0.15, -0.1) is 0 Å². The smallest absolute Gasteiger partial charge is 0.387 e. The number of hydrogen-bond donors (Lipinski definition) is 1. The molecule has 1 rings (SSSR count). The van der Waals surface area contributed by atoms with Crippen molar-refractivity contribution in [3.05, 3.63) is 29.8 Å². The first-order chi connectivity index (χ1) is 8.91. The number of carbonyl (C=O) groups excluding carboxylic acids is 1. The van der Waals surface area contributed by atoms with Crippen molar-refractivity contribution in [1.82, 2.24) is 10.2 Å². The molecule has 1 amide bonds. The molecule has 0 aromatic heterocycles.